The highest BCUT2D eigenvalue weighted by Gasteiger charge is 2.49. The molecule has 1 aromatic carbocycles. The summed E-state index contributed by atoms with van der Waals surface area (Å²) in [4.78, 5) is -0.852. The predicted octanol–water partition coefficient (Wildman–Crippen LogP) is 3.16. The molecule has 0 bridgehead atoms. The molecule has 1 aliphatic rings. The van der Waals surface area contributed by atoms with Crippen LogP contribution in [0.25, 0.3) is 6.08 Å². The monoisotopic (exact) mass is 292 g/mol. The van der Waals surface area contributed by atoms with E-state index in [0.29, 0.717) is 5.56 Å². The number of benzene rings is 1. The maximum Gasteiger partial charge on any atom is 0.502 e. The van der Waals surface area contributed by atoms with E-state index in [0.717, 1.165) is 6.07 Å². The fraction of sp³-hybridized carbons (Fsp3) is 0.333. The Balaban J connectivity index is 2.67. The van der Waals surface area contributed by atoms with Crippen LogP contribution in [-0.4, -0.2) is 19.5 Å². The molecule has 0 saturated carbocycles. The summed E-state index contributed by atoms with van der Waals surface area (Å²) < 4.78 is 66.2. The van der Waals surface area contributed by atoms with Crippen LogP contribution < -0.4 is 4.74 Å². The predicted molar refractivity (Wildman–Crippen MR) is 63.4 cm³/mol. The first-order valence-electron chi connectivity index (χ1n) is 5.37. The van der Waals surface area contributed by atoms with Gasteiger partial charge in [0, 0.05) is 5.56 Å². The first-order valence-corrected chi connectivity index (χ1v) is 6.85. The molecule has 0 aromatic heterocycles. The summed E-state index contributed by atoms with van der Waals surface area (Å²) in [5.41, 5.74) is -5.90. The van der Waals surface area contributed by atoms with E-state index in [2.05, 4.69) is 0 Å². The minimum absolute atomic E-state index is 0.257. The highest BCUT2D eigenvalue weighted by atomic mass is 32.2. The molecular formula is C12H11F3O3S. The summed E-state index contributed by atoms with van der Waals surface area (Å²) in [6.45, 7) is 3.26. The van der Waals surface area contributed by atoms with Crippen LogP contribution in [0, 0.1) is 0 Å². The molecule has 0 amide bonds. The first-order chi connectivity index (χ1) is 8.55. The second-order valence-electron chi connectivity index (χ2n) is 4.66. The van der Waals surface area contributed by atoms with Gasteiger partial charge in [-0.05, 0) is 26.0 Å². The van der Waals surface area contributed by atoms with Gasteiger partial charge < -0.3 is 4.74 Å². The van der Waals surface area contributed by atoms with Gasteiger partial charge in [-0.25, -0.2) is 8.42 Å². The summed E-state index contributed by atoms with van der Waals surface area (Å²) in [5, 5.41) is 0. The average Bonchev–Trinajstić information content (AvgIpc) is 2.25. The minimum atomic E-state index is -5.43. The van der Waals surface area contributed by atoms with E-state index in [9.17, 15) is 21.6 Å². The molecule has 1 aliphatic heterocycles. The third-order valence-corrected chi connectivity index (χ3v) is 4.14. The molecule has 0 aliphatic carbocycles. The van der Waals surface area contributed by atoms with Gasteiger partial charge in [-0.15, -0.1) is 0 Å². The Hall–Kier alpha value is -1.50. The van der Waals surface area contributed by atoms with Gasteiger partial charge in [-0.2, -0.15) is 13.2 Å². The highest BCUT2D eigenvalue weighted by molar-refractivity contribution is 7.92. The lowest BCUT2D eigenvalue weighted by atomic mass is 10.0. The van der Waals surface area contributed by atoms with Gasteiger partial charge in [0.15, 0.2) is 0 Å². The molecule has 104 valence electrons. The van der Waals surface area contributed by atoms with E-state index in [1.165, 1.54) is 12.1 Å². The van der Waals surface area contributed by atoms with Crippen molar-refractivity contribution >= 4 is 15.9 Å². The number of halogens is 3. The van der Waals surface area contributed by atoms with Crippen molar-refractivity contribution in [2.45, 2.75) is 29.9 Å². The number of rotatable bonds is 1. The molecule has 3 nitrogen and oxygen atoms in total. The summed E-state index contributed by atoms with van der Waals surface area (Å²) in [6, 6.07) is 3.65. The van der Waals surface area contributed by atoms with Gasteiger partial charge in [0.05, 0.1) is 0 Å². The molecule has 1 aromatic rings. The standard InChI is InChI=1S/C12H11F3O3S/c1-11(2)7-6-8-4-3-5-9(10(8)18-11)19(16,17)12(13,14)15/h3-7H,1-2H3. The molecule has 2 rings (SSSR count). The van der Waals surface area contributed by atoms with Crippen molar-refractivity contribution in [1.29, 1.82) is 0 Å². The van der Waals surface area contributed by atoms with Gasteiger partial charge in [0.1, 0.15) is 16.2 Å². The van der Waals surface area contributed by atoms with Crippen molar-refractivity contribution < 1.29 is 26.3 Å². The van der Waals surface area contributed by atoms with E-state index in [-0.39, 0.29) is 5.75 Å². The van der Waals surface area contributed by atoms with Gasteiger partial charge >= 0.3 is 5.51 Å². The fourth-order valence-electron chi connectivity index (χ4n) is 1.70. The van der Waals surface area contributed by atoms with Gasteiger partial charge in [0.25, 0.3) is 9.84 Å². The van der Waals surface area contributed by atoms with E-state index in [4.69, 9.17) is 4.74 Å². The number of fused-ring (bicyclic) bond motifs is 1. The molecule has 0 fully saturated rings. The van der Waals surface area contributed by atoms with E-state index >= 15 is 0 Å². The zero-order valence-electron chi connectivity index (χ0n) is 10.2. The molecule has 7 heteroatoms. The number of hydrogen-bond acceptors (Lipinski definition) is 3. The summed E-state index contributed by atoms with van der Waals surface area (Å²) in [6.07, 6.45) is 3.20. The second-order valence-corrected chi connectivity index (χ2v) is 6.57. The number of ether oxygens (including phenoxy) is 1. The van der Waals surface area contributed by atoms with E-state index in [1.54, 1.807) is 26.0 Å². The maximum absolute atomic E-state index is 12.6. The Kier molecular flexibility index (Phi) is 2.93. The van der Waals surface area contributed by atoms with Crippen molar-refractivity contribution in [2.24, 2.45) is 0 Å². The average molecular weight is 292 g/mol. The SMILES string of the molecule is CC1(C)C=Cc2cccc(S(=O)(=O)C(F)(F)F)c2O1. The van der Waals surface area contributed by atoms with Crippen molar-refractivity contribution in [3.05, 3.63) is 29.8 Å². The molecule has 0 unspecified atom stereocenters. The van der Waals surface area contributed by atoms with Crippen molar-refractivity contribution in [3.8, 4) is 5.75 Å². The van der Waals surface area contributed by atoms with Crippen molar-refractivity contribution in [3.63, 3.8) is 0 Å². The summed E-state index contributed by atoms with van der Waals surface area (Å²) in [7, 11) is -5.43. The minimum Gasteiger partial charge on any atom is -0.482 e. The molecule has 0 atom stereocenters. The molecule has 0 spiro atoms. The Bertz CT molecular complexity index is 643. The maximum atomic E-state index is 12.6. The van der Waals surface area contributed by atoms with Gasteiger partial charge in [0.2, 0.25) is 0 Å². The quantitative estimate of drug-likeness (QED) is 0.798. The smallest absolute Gasteiger partial charge is 0.482 e. The lowest BCUT2D eigenvalue weighted by Crippen LogP contribution is -2.30. The van der Waals surface area contributed by atoms with Crippen LogP contribution in [0.4, 0.5) is 13.2 Å². The Morgan fingerprint density at radius 1 is 1.21 bits per heavy atom. The third-order valence-electron chi connectivity index (χ3n) is 2.63. The van der Waals surface area contributed by atoms with E-state index < -0.39 is 25.8 Å². The lowest BCUT2D eigenvalue weighted by molar-refractivity contribution is -0.0438. The van der Waals surface area contributed by atoms with Crippen LogP contribution in [0.1, 0.15) is 19.4 Å². The Morgan fingerprint density at radius 3 is 2.42 bits per heavy atom. The van der Waals surface area contributed by atoms with Crippen LogP contribution in [0.15, 0.2) is 29.2 Å². The second kappa shape index (κ2) is 4.00. The van der Waals surface area contributed by atoms with Crippen LogP contribution in [-0.2, 0) is 9.84 Å². The molecule has 19 heavy (non-hydrogen) atoms. The van der Waals surface area contributed by atoms with Gasteiger partial charge in [-0.3, -0.25) is 0 Å². The molecule has 0 radical (unpaired) electrons. The Labute approximate surface area is 108 Å². The molecule has 0 saturated heterocycles. The third kappa shape index (κ3) is 2.34. The van der Waals surface area contributed by atoms with Gasteiger partial charge in [-0.1, -0.05) is 18.2 Å². The Morgan fingerprint density at radius 2 is 1.84 bits per heavy atom. The summed E-state index contributed by atoms with van der Waals surface area (Å²) in [5.74, 6) is -0.257. The number of sulfone groups is 1. The number of hydrogen-bond donors (Lipinski definition) is 0. The van der Waals surface area contributed by atoms with Crippen LogP contribution in [0.3, 0.4) is 0 Å². The van der Waals surface area contributed by atoms with Crippen LogP contribution in [0.2, 0.25) is 0 Å². The van der Waals surface area contributed by atoms with Crippen molar-refractivity contribution in [1.82, 2.24) is 0 Å². The zero-order valence-corrected chi connectivity index (χ0v) is 11.0. The normalized spacial score (nSPS) is 17.7. The van der Waals surface area contributed by atoms with Crippen LogP contribution >= 0.6 is 0 Å². The lowest BCUT2D eigenvalue weighted by Gasteiger charge is -2.29. The topological polar surface area (TPSA) is 43.4 Å². The largest absolute Gasteiger partial charge is 0.502 e. The molecule has 1 heterocycles. The highest BCUT2D eigenvalue weighted by Crippen LogP contribution is 2.41. The van der Waals surface area contributed by atoms with Crippen LogP contribution in [0.5, 0.6) is 5.75 Å². The van der Waals surface area contributed by atoms with E-state index in [1.807, 2.05) is 0 Å². The number of alkyl halides is 3. The fourth-order valence-corrected chi connectivity index (χ4v) is 2.61. The van der Waals surface area contributed by atoms with Crippen molar-refractivity contribution in [2.75, 3.05) is 0 Å². The summed E-state index contributed by atoms with van der Waals surface area (Å²) >= 11 is 0. The number of para-hydroxylation sites is 1. The molecule has 0 N–H and O–H groups in total. The molecular weight excluding hydrogens is 281 g/mol. The zero-order chi connectivity index (χ0) is 14.5. The first kappa shape index (κ1) is 13.9.